The maximum atomic E-state index is 11.7. The van der Waals surface area contributed by atoms with Gasteiger partial charge in [-0.2, -0.15) is 0 Å². The predicted molar refractivity (Wildman–Crippen MR) is 73.2 cm³/mol. The smallest absolute Gasteiger partial charge is 0.314 e. The first-order valence-corrected chi connectivity index (χ1v) is 7.13. The van der Waals surface area contributed by atoms with Gasteiger partial charge in [0, 0.05) is 0 Å². The van der Waals surface area contributed by atoms with Crippen LogP contribution < -0.4 is 4.74 Å². The molecular weight excluding hydrogens is 264 g/mol. The number of hydrogen-bond acceptors (Lipinski definition) is 2. The van der Waals surface area contributed by atoms with Gasteiger partial charge in [0.05, 0.1) is 17.0 Å². The fraction of sp³-hybridized carbons (Fsp3) is 0.533. The van der Waals surface area contributed by atoms with E-state index in [4.69, 9.17) is 16.3 Å². The van der Waals surface area contributed by atoms with E-state index in [1.807, 2.05) is 13.0 Å². The van der Waals surface area contributed by atoms with E-state index >= 15 is 0 Å². The van der Waals surface area contributed by atoms with Gasteiger partial charge >= 0.3 is 5.97 Å². The van der Waals surface area contributed by atoms with E-state index in [0.717, 1.165) is 41.7 Å². The van der Waals surface area contributed by atoms with Crippen molar-refractivity contribution in [2.75, 3.05) is 6.61 Å². The molecule has 1 saturated carbocycles. The Morgan fingerprint density at radius 3 is 2.74 bits per heavy atom. The van der Waals surface area contributed by atoms with Crippen molar-refractivity contribution in [3.05, 3.63) is 27.8 Å². The van der Waals surface area contributed by atoms with Crippen molar-refractivity contribution < 1.29 is 14.6 Å². The third-order valence-corrected chi connectivity index (χ3v) is 4.85. The van der Waals surface area contributed by atoms with E-state index in [1.54, 1.807) is 0 Å². The maximum Gasteiger partial charge on any atom is 0.314 e. The summed E-state index contributed by atoms with van der Waals surface area (Å²) in [5.41, 5.74) is 2.32. The average Bonchev–Trinajstić information content (AvgIpc) is 2.33. The number of benzene rings is 1. The minimum atomic E-state index is -0.727. The molecular formula is C15H17ClO3. The molecule has 1 aromatic rings. The number of rotatable bonds is 2. The molecule has 0 aromatic heterocycles. The molecule has 1 N–H and O–H groups in total. The van der Waals surface area contributed by atoms with E-state index in [9.17, 15) is 9.90 Å². The topological polar surface area (TPSA) is 46.5 Å². The summed E-state index contributed by atoms with van der Waals surface area (Å²) >= 11 is 6.29. The lowest BCUT2D eigenvalue weighted by atomic mass is 9.63. The van der Waals surface area contributed by atoms with Gasteiger partial charge in [-0.3, -0.25) is 4.79 Å². The second-order valence-corrected chi connectivity index (χ2v) is 5.94. The molecule has 0 bridgehead atoms. The number of halogens is 1. The van der Waals surface area contributed by atoms with Crippen molar-refractivity contribution in [3.8, 4) is 5.75 Å². The van der Waals surface area contributed by atoms with Crippen molar-refractivity contribution in [1.29, 1.82) is 0 Å². The quantitative estimate of drug-likeness (QED) is 0.902. The van der Waals surface area contributed by atoms with Crippen LogP contribution in [0.3, 0.4) is 0 Å². The number of fused-ring (bicyclic) bond motifs is 1. The zero-order valence-corrected chi connectivity index (χ0v) is 11.7. The molecule has 0 unspecified atom stereocenters. The first kappa shape index (κ1) is 12.8. The van der Waals surface area contributed by atoms with Gasteiger partial charge in [-0.15, -0.1) is 0 Å². The number of ether oxygens (including phenoxy) is 1. The summed E-state index contributed by atoms with van der Waals surface area (Å²) in [6.07, 6.45) is 4.27. The molecule has 2 aliphatic rings. The Morgan fingerprint density at radius 2 is 2.16 bits per heavy atom. The van der Waals surface area contributed by atoms with Crippen LogP contribution in [0.1, 0.15) is 42.4 Å². The van der Waals surface area contributed by atoms with Gasteiger partial charge < -0.3 is 9.84 Å². The van der Waals surface area contributed by atoms with Crippen LogP contribution >= 0.6 is 11.6 Å². The zero-order chi connectivity index (χ0) is 13.6. The maximum absolute atomic E-state index is 11.7. The van der Waals surface area contributed by atoms with E-state index in [-0.39, 0.29) is 0 Å². The molecule has 0 spiro atoms. The van der Waals surface area contributed by atoms with Gasteiger partial charge in [-0.1, -0.05) is 18.0 Å². The predicted octanol–water partition coefficient (Wildman–Crippen LogP) is 3.48. The molecule has 3 rings (SSSR count). The fourth-order valence-electron chi connectivity index (χ4n) is 3.28. The van der Waals surface area contributed by atoms with Crippen LogP contribution in [0, 0.1) is 6.92 Å². The summed E-state index contributed by atoms with van der Waals surface area (Å²) < 4.78 is 5.64. The van der Waals surface area contributed by atoms with Crippen LogP contribution in [0.2, 0.25) is 5.02 Å². The van der Waals surface area contributed by atoms with Gasteiger partial charge in [-0.25, -0.2) is 0 Å². The summed E-state index contributed by atoms with van der Waals surface area (Å²) in [5.74, 6) is 0.0311. The lowest BCUT2D eigenvalue weighted by Crippen LogP contribution is -2.43. The van der Waals surface area contributed by atoms with Crippen LogP contribution in [0.5, 0.6) is 5.75 Å². The molecule has 1 aromatic carbocycles. The summed E-state index contributed by atoms with van der Waals surface area (Å²) in [6, 6.07) is 1.81. The van der Waals surface area contributed by atoms with Gasteiger partial charge in [0.2, 0.25) is 0 Å². The molecule has 1 aliphatic heterocycles. The van der Waals surface area contributed by atoms with Crippen LogP contribution in [-0.4, -0.2) is 17.7 Å². The van der Waals surface area contributed by atoms with Crippen LogP contribution in [-0.2, 0) is 16.6 Å². The molecule has 3 nitrogen and oxygen atoms in total. The highest BCUT2D eigenvalue weighted by Crippen LogP contribution is 2.49. The van der Waals surface area contributed by atoms with Gasteiger partial charge in [0.25, 0.3) is 0 Å². The van der Waals surface area contributed by atoms with Crippen LogP contribution in [0.4, 0.5) is 0 Å². The van der Waals surface area contributed by atoms with Gasteiger partial charge in [0.1, 0.15) is 5.75 Å². The van der Waals surface area contributed by atoms with E-state index in [2.05, 4.69) is 0 Å². The summed E-state index contributed by atoms with van der Waals surface area (Å²) in [7, 11) is 0. The fourth-order valence-corrected chi connectivity index (χ4v) is 3.56. The molecule has 102 valence electrons. The van der Waals surface area contributed by atoms with E-state index in [0.29, 0.717) is 24.5 Å². The standard InChI is InChI=1S/C15H17ClO3/c1-9-10-4-2-7-19-13(10)12(16)8-11(9)15(14(17)18)5-3-6-15/h8H,2-7H2,1H3,(H,17,18). The highest BCUT2D eigenvalue weighted by atomic mass is 35.5. The van der Waals surface area contributed by atoms with Crippen molar-refractivity contribution in [3.63, 3.8) is 0 Å². The van der Waals surface area contributed by atoms with E-state index in [1.165, 1.54) is 0 Å². The second kappa shape index (κ2) is 4.41. The lowest BCUT2D eigenvalue weighted by Gasteiger charge is -2.40. The van der Waals surface area contributed by atoms with Gasteiger partial charge in [0.15, 0.2) is 0 Å². The molecule has 0 radical (unpaired) electrons. The second-order valence-electron chi connectivity index (χ2n) is 5.53. The first-order valence-electron chi connectivity index (χ1n) is 6.75. The highest BCUT2D eigenvalue weighted by molar-refractivity contribution is 6.32. The summed E-state index contributed by atoms with van der Waals surface area (Å²) in [6.45, 7) is 2.69. The summed E-state index contributed by atoms with van der Waals surface area (Å²) in [5, 5.41) is 10.1. The molecule has 1 heterocycles. The zero-order valence-electron chi connectivity index (χ0n) is 11.0. The van der Waals surface area contributed by atoms with Crippen LogP contribution in [0.25, 0.3) is 0 Å². The Hall–Kier alpha value is -1.22. The molecule has 19 heavy (non-hydrogen) atoms. The normalized spacial score (nSPS) is 20.1. The lowest BCUT2D eigenvalue weighted by molar-refractivity contribution is -0.147. The Bertz CT molecular complexity index is 547. The van der Waals surface area contributed by atoms with Crippen molar-refractivity contribution >= 4 is 17.6 Å². The largest absolute Gasteiger partial charge is 0.492 e. The van der Waals surface area contributed by atoms with Gasteiger partial charge in [-0.05, 0) is 55.4 Å². The number of carbonyl (C=O) groups is 1. The SMILES string of the molecule is Cc1c(C2(C(=O)O)CCC2)cc(Cl)c2c1CCCO2. The minimum absolute atomic E-state index is 0.558. The monoisotopic (exact) mass is 280 g/mol. The molecule has 1 fully saturated rings. The Balaban J connectivity index is 2.17. The number of aliphatic carboxylic acids is 1. The first-order chi connectivity index (χ1) is 9.06. The van der Waals surface area contributed by atoms with E-state index < -0.39 is 11.4 Å². The van der Waals surface area contributed by atoms with Crippen LogP contribution in [0.15, 0.2) is 6.07 Å². The third kappa shape index (κ3) is 1.75. The Labute approximate surface area is 117 Å². The number of carboxylic acids is 1. The number of carboxylic acid groups (broad SMARTS) is 1. The molecule has 0 atom stereocenters. The van der Waals surface area contributed by atoms with Crippen molar-refractivity contribution in [1.82, 2.24) is 0 Å². The summed E-state index contributed by atoms with van der Waals surface area (Å²) in [4.78, 5) is 11.7. The van der Waals surface area contributed by atoms with Crippen molar-refractivity contribution in [2.24, 2.45) is 0 Å². The number of hydrogen-bond donors (Lipinski definition) is 1. The Morgan fingerprint density at radius 1 is 1.42 bits per heavy atom. The minimum Gasteiger partial charge on any atom is -0.492 e. The molecule has 4 heteroatoms. The third-order valence-electron chi connectivity index (χ3n) is 4.57. The molecule has 0 saturated heterocycles. The highest BCUT2D eigenvalue weighted by Gasteiger charge is 2.47. The molecule has 1 aliphatic carbocycles. The van der Waals surface area contributed by atoms with Crippen molar-refractivity contribution in [2.45, 2.75) is 44.4 Å². The Kier molecular flexibility index (Phi) is 2.97. The molecule has 0 amide bonds. The average molecular weight is 281 g/mol.